The normalized spacial score (nSPS) is 11.6. The summed E-state index contributed by atoms with van der Waals surface area (Å²) in [6.07, 6.45) is -4.92. The van der Waals surface area contributed by atoms with Gasteiger partial charge in [-0.05, 0) is 74.5 Å². The maximum atomic E-state index is 11.0. The molecule has 0 aliphatic carbocycles. The van der Waals surface area contributed by atoms with E-state index in [2.05, 4.69) is 54.6 Å². The van der Waals surface area contributed by atoms with Gasteiger partial charge in [0.2, 0.25) is 0 Å². The molecule has 0 bridgehead atoms. The average Bonchev–Trinajstić information content (AvgIpc) is 2.90. The van der Waals surface area contributed by atoms with Crippen molar-refractivity contribution in [2.75, 3.05) is 45.4 Å². The van der Waals surface area contributed by atoms with Gasteiger partial charge in [-0.2, -0.15) is 13.2 Å². The molecule has 0 amide bonds. The number of benzene rings is 3. The van der Waals surface area contributed by atoms with Crippen LogP contribution in [0.5, 0.6) is 11.5 Å². The van der Waals surface area contributed by atoms with Crippen molar-refractivity contribution >= 4 is 21.0 Å². The first-order chi connectivity index (χ1) is 19.0. The van der Waals surface area contributed by atoms with Gasteiger partial charge in [0.15, 0.2) is 14.7 Å². The molecule has 7 nitrogen and oxygen atoms in total. The Kier molecular flexibility index (Phi) is 14.3. The molecule has 3 aromatic rings. The number of hydrogen-bond acceptors (Lipinski definition) is 7. The van der Waals surface area contributed by atoms with E-state index in [1.54, 1.807) is 0 Å². The van der Waals surface area contributed by atoms with E-state index in [9.17, 15) is 26.1 Å². The van der Waals surface area contributed by atoms with Crippen LogP contribution in [-0.2, 0) is 30.5 Å². The second-order valence-electron chi connectivity index (χ2n) is 7.97. The molecule has 40 heavy (non-hydrogen) atoms. The minimum Gasteiger partial charge on any atom is -0.748 e. The maximum Gasteiger partial charge on any atom is 0.401 e. The van der Waals surface area contributed by atoms with Gasteiger partial charge in [-0.15, -0.1) is 0 Å². The van der Waals surface area contributed by atoms with Crippen LogP contribution in [-0.4, -0.2) is 64.5 Å². The molecular weight excluding hydrogens is 569 g/mol. The molecular formula is C28H33F3O7S2. The molecule has 0 saturated carbocycles. The third kappa shape index (κ3) is 13.5. The Labute approximate surface area is 236 Å². The zero-order valence-corrected chi connectivity index (χ0v) is 23.9. The second-order valence-corrected chi connectivity index (χ2v) is 11.4. The summed E-state index contributed by atoms with van der Waals surface area (Å²) in [6.45, 7) is 7.71. The van der Waals surface area contributed by atoms with Crippen LogP contribution in [0.1, 0.15) is 13.8 Å². The molecule has 12 heteroatoms. The Balaban J connectivity index is 0.000000536. The molecule has 0 spiro atoms. The highest BCUT2D eigenvalue weighted by Gasteiger charge is 2.30. The summed E-state index contributed by atoms with van der Waals surface area (Å²) in [7, 11) is -5.37. The summed E-state index contributed by atoms with van der Waals surface area (Å²) in [5.41, 5.74) is 0. The summed E-state index contributed by atoms with van der Waals surface area (Å²) in [4.78, 5) is 3.76. The van der Waals surface area contributed by atoms with Gasteiger partial charge in [0.25, 0.3) is 0 Å². The number of hydrogen-bond donors (Lipinski definition) is 0. The van der Waals surface area contributed by atoms with Gasteiger partial charge in [-0.25, -0.2) is 8.42 Å². The van der Waals surface area contributed by atoms with Crippen LogP contribution in [0, 0.1) is 0 Å². The first-order valence-electron chi connectivity index (χ1n) is 12.4. The lowest BCUT2D eigenvalue weighted by Gasteiger charge is -2.11. The number of halogens is 3. The monoisotopic (exact) mass is 602 g/mol. The van der Waals surface area contributed by atoms with Gasteiger partial charge < -0.3 is 23.5 Å². The van der Waals surface area contributed by atoms with Crippen LogP contribution in [0.15, 0.2) is 93.5 Å². The van der Waals surface area contributed by atoms with Gasteiger partial charge in [0, 0.05) is 13.2 Å². The van der Waals surface area contributed by atoms with Crippen molar-refractivity contribution in [3.8, 4) is 11.5 Å². The lowest BCUT2D eigenvalue weighted by Crippen LogP contribution is -2.21. The topological polar surface area (TPSA) is 94.1 Å². The molecule has 0 aliphatic heterocycles. The van der Waals surface area contributed by atoms with Gasteiger partial charge in [0.05, 0.1) is 24.1 Å². The largest absolute Gasteiger partial charge is 0.748 e. The molecule has 0 aliphatic rings. The van der Waals surface area contributed by atoms with Crippen LogP contribution in [0.2, 0.25) is 0 Å². The zero-order chi connectivity index (χ0) is 29.4. The standard InChI is InChI=1S/C26H31O4S.C2H3F3O3S/c1-3-27-18-20-29-22-10-14-25(15-11-22)31(24-8-6-5-7-9-24)26-16-12-23(13-17-26)30-21-19-28-4-2;3-2(4,5)1-9(6,7)8/h5-17H,3-4,18-21H2,1-2H3;1H2,(H,6,7,8)/q+1;/p-1. The third-order valence-corrected chi connectivity index (χ3v) is 7.75. The van der Waals surface area contributed by atoms with Crippen LogP contribution < -0.4 is 9.47 Å². The van der Waals surface area contributed by atoms with Crippen molar-refractivity contribution in [1.82, 2.24) is 0 Å². The van der Waals surface area contributed by atoms with E-state index in [1.807, 2.05) is 38.1 Å². The maximum absolute atomic E-state index is 11.0. The fraction of sp³-hybridized carbons (Fsp3) is 0.357. The van der Waals surface area contributed by atoms with Gasteiger partial charge >= 0.3 is 6.18 Å². The van der Waals surface area contributed by atoms with Crippen molar-refractivity contribution in [3.05, 3.63) is 78.9 Å². The van der Waals surface area contributed by atoms with E-state index in [-0.39, 0.29) is 10.9 Å². The molecule has 3 aromatic carbocycles. The first kappa shape index (κ1) is 33.4. The van der Waals surface area contributed by atoms with Crippen molar-refractivity contribution in [2.24, 2.45) is 0 Å². The van der Waals surface area contributed by atoms with Gasteiger partial charge in [-0.3, -0.25) is 0 Å². The Morgan fingerprint density at radius 2 is 1.07 bits per heavy atom. The summed E-state index contributed by atoms with van der Waals surface area (Å²) in [5, 5.41) is 0. The van der Waals surface area contributed by atoms with Crippen molar-refractivity contribution in [2.45, 2.75) is 34.7 Å². The van der Waals surface area contributed by atoms with E-state index in [4.69, 9.17) is 18.9 Å². The Morgan fingerprint density at radius 3 is 1.40 bits per heavy atom. The summed E-state index contributed by atoms with van der Waals surface area (Å²) >= 11 is 0. The van der Waals surface area contributed by atoms with Crippen molar-refractivity contribution < 1.29 is 45.1 Å². The van der Waals surface area contributed by atoms with Crippen LogP contribution in [0.4, 0.5) is 13.2 Å². The minimum absolute atomic E-state index is 0.209. The summed E-state index contributed by atoms with van der Waals surface area (Å²) in [5.74, 6) is -0.573. The van der Waals surface area contributed by atoms with E-state index in [0.29, 0.717) is 39.6 Å². The third-order valence-electron chi connectivity index (χ3n) is 4.84. The Hall–Kier alpha value is -2.77. The van der Waals surface area contributed by atoms with Crippen molar-refractivity contribution in [3.63, 3.8) is 0 Å². The van der Waals surface area contributed by atoms with Crippen molar-refractivity contribution in [1.29, 1.82) is 0 Å². The smallest absolute Gasteiger partial charge is 0.401 e. The summed E-state index contributed by atoms with van der Waals surface area (Å²) in [6, 6.07) is 27.3. The van der Waals surface area contributed by atoms with Crippen LogP contribution in [0.25, 0.3) is 0 Å². The van der Waals surface area contributed by atoms with Crippen LogP contribution in [0.3, 0.4) is 0 Å². The molecule has 0 N–H and O–H groups in total. The van der Waals surface area contributed by atoms with Gasteiger partial charge in [-0.1, -0.05) is 18.2 Å². The molecule has 0 fully saturated rings. The highest BCUT2D eigenvalue weighted by molar-refractivity contribution is 7.97. The fourth-order valence-corrected chi connectivity index (χ4v) is 5.70. The van der Waals surface area contributed by atoms with E-state index < -0.39 is 22.0 Å². The SMILES string of the molecule is CCOCCOc1ccc([S+](c2ccccc2)c2ccc(OCCOCC)cc2)cc1.O=S(=O)([O-])CC(F)(F)F. The van der Waals surface area contributed by atoms with Crippen LogP contribution >= 0.6 is 0 Å². The molecule has 0 radical (unpaired) electrons. The molecule has 0 aromatic heterocycles. The predicted octanol–water partition coefficient (Wildman–Crippen LogP) is 5.71. The average molecular weight is 603 g/mol. The predicted molar refractivity (Wildman–Crippen MR) is 146 cm³/mol. The molecule has 3 rings (SSSR count). The number of alkyl halides is 3. The van der Waals surface area contributed by atoms with Gasteiger partial charge in [0.1, 0.15) is 40.6 Å². The quantitative estimate of drug-likeness (QED) is 0.133. The highest BCUT2D eigenvalue weighted by Crippen LogP contribution is 2.33. The second kappa shape index (κ2) is 17.1. The Bertz CT molecular complexity index is 1150. The minimum atomic E-state index is -5.16. The molecule has 0 heterocycles. The summed E-state index contributed by atoms with van der Waals surface area (Å²) < 4.78 is 83.3. The molecule has 0 atom stereocenters. The van der Waals surface area contributed by atoms with E-state index >= 15 is 0 Å². The van der Waals surface area contributed by atoms with E-state index in [0.717, 1.165) is 11.5 Å². The zero-order valence-electron chi connectivity index (χ0n) is 22.3. The highest BCUT2D eigenvalue weighted by atomic mass is 32.2. The Morgan fingerprint density at radius 1 is 0.675 bits per heavy atom. The molecule has 0 unspecified atom stereocenters. The molecule has 0 saturated heterocycles. The lowest BCUT2D eigenvalue weighted by molar-refractivity contribution is -0.107. The number of rotatable bonds is 14. The molecule has 220 valence electrons. The number of ether oxygens (including phenoxy) is 4. The lowest BCUT2D eigenvalue weighted by atomic mass is 10.3. The van der Waals surface area contributed by atoms with E-state index in [1.165, 1.54) is 14.7 Å². The fourth-order valence-electron chi connectivity index (χ4n) is 3.23. The first-order valence-corrected chi connectivity index (χ1v) is 15.2.